The van der Waals surface area contributed by atoms with Crippen LogP contribution in [0.2, 0.25) is 10.0 Å². The summed E-state index contributed by atoms with van der Waals surface area (Å²) in [5.41, 5.74) is 2.30. The van der Waals surface area contributed by atoms with E-state index in [1.54, 1.807) is 30.3 Å². The van der Waals surface area contributed by atoms with Crippen LogP contribution in [-0.4, -0.2) is 18.4 Å². The summed E-state index contributed by atoms with van der Waals surface area (Å²) in [5, 5.41) is 0.943. The van der Waals surface area contributed by atoms with Gasteiger partial charge in [-0.1, -0.05) is 60.5 Å². The summed E-state index contributed by atoms with van der Waals surface area (Å²) in [4.78, 5) is 23.7. The van der Waals surface area contributed by atoms with E-state index in [1.165, 1.54) is 12.2 Å². The number of esters is 1. The van der Waals surface area contributed by atoms with E-state index in [1.807, 2.05) is 19.1 Å². The van der Waals surface area contributed by atoms with Crippen LogP contribution in [0.15, 0.2) is 48.5 Å². The molecule has 2 aromatic carbocycles. The molecule has 0 aliphatic carbocycles. The van der Waals surface area contributed by atoms with Crippen molar-refractivity contribution in [3.8, 4) is 0 Å². The number of halogens is 2. The van der Waals surface area contributed by atoms with Crippen molar-refractivity contribution in [1.82, 2.24) is 0 Å². The molecule has 0 aliphatic heterocycles. The minimum atomic E-state index is -0.612. The molecule has 124 valence electrons. The molecular formula is C19H16Cl2O3. The minimum absolute atomic E-state index is 0.246. The smallest absolute Gasteiger partial charge is 0.331 e. The molecule has 2 rings (SSSR count). The average Bonchev–Trinajstić information content (AvgIpc) is 2.59. The molecule has 0 amide bonds. The summed E-state index contributed by atoms with van der Waals surface area (Å²) in [6, 6.07) is 12.2. The molecule has 0 atom stereocenters. The van der Waals surface area contributed by atoms with Crippen LogP contribution in [0.4, 0.5) is 0 Å². The van der Waals surface area contributed by atoms with Crippen molar-refractivity contribution in [2.75, 3.05) is 6.61 Å². The summed E-state index contributed by atoms with van der Waals surface area (Å²) >= 11 is 11.8. The molecule has 0 heterocycles. The van der Waals surface area contributed by atoms with Crippen molar-refractivity contribution in [3.05, 3.63) is 75.3 Å². The Labute approximate surface area is 150 Å². The highest BCUT2D eigenvalue weighted by Crippen LogP contribution is 2.21. The van der Waals surface area contributed by atoms with Crippen molar-refractivity contribution in [2.45, 2.75) is 13.3 Å². The number of aryl methyl sites for hydroxylation is 1. The number of carbonyl (C=O) groups is 2. The van der Waals surface area contributed by atoms with Crippen LogP contribution in [0.3, 0.4) is 0 Å². The van der Waals surface area contributed by atoms with Gasteiger partial charge in [0.05, 0.1) is 0 Å². The summed E-state index contributed by atoms with van der Waals surface area (Å²) in [7, 11) is 0. The minimum Gasteiger partial charge on any atom is -0.454 e. The lowest BCUT2D eigenvalue weighted by Gasteiger charge is -2.03. The Morgan fingerprint density at radius 1 is 1.08 bits per heavy atom. The van der Waals surface area contributed by atoms with E-state index in [-0.39, 0.29) is 12.4 Å². The molecule has 0 N–H and O–H groups in total. The zero-order valence-corrected chi connectivity index (χ0v) is 14.6. The maximum atomic E-state index is 12.0. The van der Waals surface area contributed by atoms with Gasteiger partial charge in [-0.25, -0.2) is 4.79 Å². The fraction of sp³-hybridized carbons (Fsp3) is 0.158. The molecule has 0 fully saturated rings. The van der Waals surface area contributed by atoms with Gasteiger partial charge in [-0.2, -0.15) is 0 Å². The largest absolute Gasteiger partial charge is 0.454 e. The SMILES string of the molecule is CCc1ccc(C(=O)COC(=O)/C=C/c2ccc(Cl)cc2Cl)cc1. The molecule has 0 saturated carbocycles. The Morgan fingerprint density at radius 2 is 1.79 bits per heavy atom. The lowest BCUT2D eigenvalue weighted by molar-refractivity contribution is -0.136. The fourth-order valence-electron chi connectivity index (χ4n) is 1.99. The van der Waals surface area contributed by atoms with Gasteiger partial charge in [0.25, 0.3) is 0 Å². The van der Waals surface area contributed by atoms with Crippen LogP contribution < -0.4 is 0 Å². The summed E-state index contributed by atoms with van der Waals surface area (Å²) in [6.45, 7) is 1.74. The summed E-state index contributed by atoms with van der Waals surface area (Å²) < 4.78 is 4.96. The fourth-order valence-corrected chi connectivity index (χ4v) is 2.46. The van der Waals surface area contributed by atoms with Gasteiger partial charge in [-0.05, 0) is 35.8 Å². The number of benzene rings is 2. The number of ether oxygens (including phenoxy) is 1. The van der Waals surface area contributed by atoms with Gasteiger partial charge in [0.1, 0.15) is 0 Å². The van der Waals surface area contributed by atoms with E-state index in [0.717, 1.165) is 12.0 Å². The van der Waals surface area contributed by atoms with Gasteiger partial charge in [-0.3, -0.25) is 4.79 Å². The highest BCUT2D eigenvalue weighted by molar-refractivity contribution is 6.35. The van der Waals surface area contributed by atoms with Crippen molar-refractivity contribution >= 4 is 41.0 Å². The second-order valence-corrected chi connectivity index (χ2v) is 5.92. The molecule has 0 unspecified atom stereocenters. The summed E-state index contributed by atoms with van der Waals surface area (Å²) in [5.74, 6) is -0.858. The number of carbonyl (C=O) groups excluding carboxylic acids is 2. The predicted octanol–water partition coefficient (Wildman–Crippen LogP) is 5.00. The van der Waals surface area contributed by atoms with Gasteiger partial charge in [0, 0.05) is 21.7 Å². The van der Waals surface area contributed by atoms with Gasteiger partial charge >= 0.3 is 5.97 Å². The summed E-state index contributed by atoms with van der Waals surface area (Å²) in [6.07, 6.45) is 3.64. The monoisotopic (exact) mass is 362 g/mol. The van der Waals surface area contributed by atoms with Gasteiger partial charge < -0.3 is 4.74 Å². The van der Waals surface area contributed by atoms with Crippen LogP contribution in [0.25, 0.3) is 6.08 Å². The standard InChI is InChI=1S/C19H16Cl2O3/c1-2-13-3-5-15(6-4-13)18(22)12-24-19(23)10-8-14-7-9-16(20)11-17(14)21/h3-11H,2,12H2,1H3/b10-8+. The van der Waals surface area contributed by atoms with Crippen LogP contribution in [0.1, 0.15) is 28.4 Å². The van der Waals surface area contributed by atoms with E-state index >= 15 is 0 Å². The molecule has 5 heteroatoms. The topological polar surface area (TPSA) is 43.4 Å². The Kier molecular flexibility index (Phi) is 6.59. The van der Waals surface area contributed by atoms with E-state index in [0.29, 0.717) is 21.2 Å². The third kappa shape index (κ3) is 5.22. The zero-order valence-electron chi connectivity index (χ0n) is 13.1. The van der Waals surface area contributed by atoms with Crippen LogP contribution in [-0.2, 0) is 16.0 Å². The van der Waals surface area contributed by atoms with Crippen molar-refractivity contribution in [1.29, 1.82) is 0 Å². The Hall–Kier alpha value is -2.10. The first-order chi connectivity index (χ1) is 11.5. The Bertz CT molecular complexity index is 765. The van der Waals surface area contributed by atoms with Gasteiger partial charge in [-0.15, -0.1) is 0 Å². The third-order valence-corrected chi connectivity index (χ3v) is 3.95. The second-order valence-electron chi connectivity index (χ2n) is 5.08. The molecule has 0 spiro atoms. The highest BCUT2D eigenvalue weighted by Gasteiger charge is 2.08. The highest BCUT2D eigenvalue weighted by atomic mass is 35.5. The Morgan fingerprint density at radius 3 is 2.42 bits per heavy atom. The van der Waals surface area contributed by atoms with Crippen molar-refractivity contribution in [3.63, 3.8) is 0 Å². The zero-order chi connectivity index (χ0) is 17.5. The molecule has 2 aromatic rings. The van der Waals surface area contributed by atoms with Gasteiger partial charge in [0.2, 0.25) is 0 Å². The quantitative estimate of drug-likeness (QED) is 0.412. The molecule has 0 bridgehead atoms. The lowest BCUT2D eigenvalue weighted by atomic mass is 10.1. The molecule has 0 aromatic heterocycles. The number of hydrogen-bond acceptors (Lipinski definition) is 3. The van der Waals surface area contributed by atoms with Crippen LogP contribution in [0, 0.1) is 0 Å². The predicted molar refractivity (Wildman–Crippen MR) is 96.6 cm³/mol. The van der Waals surface area contributed by atoms with E-state index < -0.39 is 5.97 Å². The van der Waals surface area contributed by atoms with Crippen molar-refractivity contribution in [2.24, 2.45) is 0 Å². The first-order valence-electron chi connectivity index (χ1n) is 7.41. The van der Waals surface area contributed by atoms with E-state index in [9.17, 15) is 9.59 Å². The normalized spacial score (nSPS) is 10.8. The number of Topliss-reactive ketones (excluding diaryl/α,β-unsaturated/α-hetero) is 1. The van der Waals surface area contributed by atoms with Crippen LogP contribution >= 0.6 is 23.2 Å². The number of hydrogen-bond donors (Lipinski definition) is 0. The van der Waals surface area contributed by atoms with E-state index in [2.05, 4.69) is 0 Å². The first kappa shape index (κ1) is 18.2. The van der Waals surface area contributed by atoms with Gasteiger partial charge in [0.15, 0.2) is 12.4 Å². The first-order valence-corrected chi connectivity index (χ1v) is 8.17. The Balaban J connectivity index is 1.90. The number of rotatable bonds is 6. The molecule has 24 heavy (non-hydrogen) atoms. The van der Waals surface area contributed by atoms with E-state index in [4.69, 9.17) is 27.9 Å². The molecule has 0 radical (unpaired) electrons. The maximum absolute atomic E-state index is 12.0. The third-order valence-electron chi connectivity index (χ3n) is 3.39. The molecule has 3 nitrogen and oxygen atoms in total. The molecule has 0 aliphatic rings. The van der Waals surface area contributed by atoms with Crippen LogP contribution in [0.5, 0.6) is 0 Å². The van der Waals surface area contributed by atoms with Crippen molar-refractivity contribution < 1.29 is 14.3 Å². The number of ketones is 1. The second kappa shape index (κ2) is 8.67. The lowest BCUT2D eigenvalue weighted by Crippen LogP contribution is -2.12. The molecule has 0 saturated heterocycles. The maximum Gasteiger partial charge on any atom is 0.331 e. The average molecular weight is 363 g/mol. The molecular weight excluding hydrogens is 347 g/mol.